The summed E-state index contributed by atoms with van der Waals surface area (Å²) in [5, 5.41) is 3.11. The molecule has 0 spiro atoms. The number of nitrogens with one attached hydrogen (secondary N) is 1. The van der Waals surface area contributed by atoms with Gasteiger partial charge in [-0.25, -0.2) is 0 Å². The summed E-state index contributed by atoms with van der Waals surface area (Å²) in [7, 11) is 0. The lowest BCUT2D eigenvalue weighted by atomic mass is 10.1. The lowest BCUT2D eigenvalue weighted by molar-refractivity contribution is -0.123. The molecule has 6 heteroatoms. The molecule has 0 aliphatic rings. The average Bonchev–Trinajstić information content (AvgIpc) is 2.33. The Labute approximate surface area is 124 Å². The van der Waals surface area contributed by atoms with Crippen molar-refractivity contribution in [2.75, 3.05) is 13.1 Å². The van der Waals surface area contributed by atoms with Gasteiger partial charge in [0.05, 0.1) is 17.1 Å². The number of carbonyl (C=O) groups is 2. The summed E-state index contributed by atoms with van der Waals surface area (Å²) in [5.74, 6) is -0.471. The van der Waals surface area contributed by atoms with Gasteiger partial charge >= 0.3 is 0 Å². The monoisotopic (exact) mass is 297 g/mol. The summed E-state index contributed by atoms with van der Waals surface area (Å²) in [6.07, 6.45) is 2.92. The second kappa shape index (κ2) is 6.70. The highest BCUT2D eigenvalue weighted by atomic mass is 35.5. The van der Waals surface area contributed by atoms with Crippen LogP contribution in [0.5, 0.6) is 0 Å². The Bertz CT molecular complexity index is 497. The first-order valence-electron chi connectivity index (χ1n) is 6.44. The van der Waals surface area contributed by atoms with Crippen LogP contribution < -0.4 is 5.32 Å². The molecule has 0 radical (unpaired) electrons. The van der Waals surface area contributed by atoms with Crippen molar-refractivity contribution >= 4 is 23.4 Å². The molecule has 0 atom stereocenters. The van der Waals surface area contributed by atoms with Crippen LogP contribution in [0, 0.1) is 0 Å². The Morgan fingerprint density at radius 3 is 2.55 bits per heavy atom. The van der Waals surface area contributed by atoms with E-state index in [4.69, 9.17) is 11.6 Å². The van der Waals surface area contributed by atoms with Crippen LogP contribution >= 0.6 is 11.6 Å². The molecule has 0 aliphatic heterocycles. The summed E-state index contributed by atoms with van der Waals surface area (Å²) in [4.78, 5) is 29.5. The van der Waals surface area contributed by atoms with E-state index in [0.29, 0.717) is 12.1 Å². The summed E-state index contributed by atoms with van der Waals surface area (Å²) >= 11 is 5.95. The Morgan fingerprint density at radius 2 is 2.05 bits per heavy atom. The first kappa shape index (κ1) is 16.4. The Balaban J connectivity index is 2.79. The van der Waals surface area contributed by atoms with Crippen LogP contribution in [0.4, 0.5) is 0 Å². The minimum absolute atomic E-state index is 0.00521. The summed E-state index contributed by atoms with van der Waals surface area (Å²) < 4.78 is 0. The van der Waals surface area contributed by atoms with Crippen LogP contribution in [-0.2, 0) is 4.79 Å². The molecule has 0 saturated heterocycles. The minimum atomic E-state index is -0.326. The molecule has 0 aliphatic carbocycles. The van der Waals surface area contributed by atoms with Crippen molar-refractivity contribution in [1.29, 1.82) is 0 Å². The molecule has 0 saturated carbocycles. The fourth-order valence-electron chi connectivity index (χ4n) is 1.68. The highest BCUT2D eigenvalue weighted by Crippen LogP contribution is 2.15. The molecule has 1 N–H and O–H groups in total. The fraction of sp³-hybridized carbons (Fsp3) is 0.500. The Hall–Kier alpha value is -1.62. The van der Waals surface area contributed by atoms with E-state index in [-0.39, 0.29) is 28.9 Å². The fourth-order valence-corrected chi connectivity index (χ4v) is 1.88. The SMILES string of the molecule is CCN(CC(=O)NC(C)(C)C)C(=O)c1ccncc1Cl. The van der Waals surface area contributed by atoms with E-state index in [1.165, 1.54) is 17.3 Å². The van der Waals surface area contributed by atoms with Gasteiger partial charge in [-0.1, -0.05) is 11.6 Å². The van der Waals surface area contributed by atoms with Gasteiger partial charge in [0.2, 0.25) is 5.91 Å². The van der Waals surface area contributed by atoms with Crippen molar-refractivity contribution in [1.82, 2.24) is 15.2 Å². The molecule has 0 bridgehead atoms. The highest BCUT2D eigenvalue weighted by molar-refractivity contribution is 6.33. The standard InChI is InChI=1S/C14H20ClN3O2/c1-5-18(9-12(19)17-14(2,3)4)13(20)10-6-7-16-8-11(10)15/h6-8H,5,9H2,1-4H3,(H,17,19). The van der Waals surface area contributed by atoms with Gasteiger partial charge in [0.1, 0.15) is 0 Å². The first-order valence-corrected chi connectivity index (χ1v) is 6.82. The van der Waals surface area contributed by atoms with E-state index in [1.54, 1.807) is 6.07 Å². The van der Waals surface area contributed by atoms with Crippen molar-refractivity contribution in [3.63, 3.8) is 0 Å². The molecule has 1 aromatic heterocycles. The maximum absolute atomic E-state index is 12.3. The zero-order valence-electron chi connectivity index (χ0n) is 12.2. The van der Waals surface area contributed by atoms with Crippen LogP contribution in [0.15, 0.2) is 18.5 Å². The second-order valence-corrected chi connectivity index (χ2v) is 5.88. The molecule has 20 heavy (non-hydrogen) atoms. The number of pyridine rings is 1. The van der Waals surface area contributed by atoms with E-state index in [2.05, 4.69) is 10.3 Å². The van der Waals surface area contributed by atoms with Crippen molar-refractivity contribution < 1.29 is 9.59 Å². The van der Waals surface area contributed by atoms with E-state index in [1.807, 2.05) is 27.7 Å². The normalized spacial score (nSPS) is 11.1. The predicted octanol–water partition coefficient (Wildman–Crippen LogP) is 2.11. The van der Waals surface area contributed by atoms with Gasteiger partial charge in [0.25, 0.3) is 5.91 Å². The number of aromatic nitrogens is 1. The van der Waals surface area contributed by atoms with Crippen molar-refractivity contribution in [3.05, 3.63) is 29.0 Å². The summed E-state index contributed by atoms with van der Waals surface area (Å²) in [6, 6.07) is 1.55. The molecule has 0 unspecified atom stereocenters. The molecule has 110 valence electrons. The van der Waals surface area contributed by atoms with E-state index < -0.39 is 0 Å². The molecule has 2 amide bonds. The van der Waals surface area contributed by atoms with Gasteiger partial charge in [-0.05, 0) is 33.8 Å². The second-order valence-electron chi connectivity index (χ2n) is 5.47. The number of likely N-dealkylation sites (N-methyl/N-ethyl adjacent to an activating group) is 1. The van der Waals surface area contributed by atoms with Gasteiger partial charge < -0.3 is 10.2 Å². The maximum atomic E-state index is 12.3. The topological polar surface area (TPSA) is 62.3 Å². The molecular formula is C14H20ClN3O2. The molecule has 5 nitrogen and oxygen atoms in total. The number of rotatable bonds is 4. The summed E-state index contributed by atoms with van der Waals surface area (Å²) in [5.41, 5.74) is 0.0282. The third-order valence-corrected chi connectivity index (χ3v) is 2.82. The zero-order chi connectivity index (χ0) is 15.3. The third kappa shape index (κ3) is 4.81. The van der Waals surface area contributed by atoms with Gasteiger partial charge in [-0.15, -0.1) is 0 Å². The van der Waals surface area contributed by atoms with Gasteiger partial charge in [0.15, 0.2) is 0 Å². The number of amides is 2. The number of halogens is 1. The molecular weight excluding hydrogens is 278 g/mol. The lowest BCUT2D eigenvalue weighted by Gasteiger charge is -2.25. The maximum Gasteiger partial charge on any atom is 0.255 e. The minimum Gasteiger partial charge on any atom is -0.350 e. The molecule has 1 heterocycles. The van der Waals surface area contributed by atoms with Crippen molar-refractivity contribution in [2.45, 2.75) is 33.2 Å². The van der Waals surface area contributed by atoms with E-state index in [9.17, 15) is 9.59 Å². The van der Waals surface area contributed by atoms with Gasteiger partial charge in [0, 0.05) is 24.5 Å². The first-order chi connectivity index (χ1) is 9.24. The van der Waals surface area contributed by atoms with E-state index >= 15 is 0 Å². The van der Waals surface area contributed by atoms with Crippen molar-refractivity contribution in [3.8, 4) is 0 Å². The highest BCUT2D eigenvalue weighted by Gasteiger charge is 2.21. The summed E-state index contributed by atoms with van der Waals surface area (Å²) in [6.45, 7) is 7.92. The number of nitrogens with zero attached hydrogens (tertiary/aromatic N) is 2. The van der Waals surface area contributed by atoms with Crippen LogP contribution in [0.3, 0.4) is 0 Å². The molecule has 0 fully saturated rings. The van der Waals surface area contributed by atoms with Gasteiger partial charge in [-0.2, -0.15) is 0 Å². The smallest absolute Gasteiger partial charge is 0.255 e. The Kier molecular flexibility index (Phi) is 5.51. The molecule has 0 aromatic carbocycles. The van der Waals surface area contributed by atoms with Gasteiger partial charge in [-0.3, -0.25) is 14.6 Å². The van der Waals surface area contributed by atoms with E-state index in [0.717, 1.165) is 0 Å². The lowest BCUT2D eigenvalue weighted by Crippen LogP contribution is -2.47. The van der Waals surface area contributed by atoms with Crippen LogP contribution in [0.2, 0.25) is 5.02 Å². The number of hydrogen-bond donors (Lipinski definition) is 1. The molecule has 1 rings (SSSR count). The molecule has 1 aromatic rings. The largest absolute Gasteiger partial charge is 0.350 e. The predicted molar refractivity (Wildman–Crippen MR) is 78.7 cm³/mol. The number of hydrogen-bond acceptors (Lipinski definition) is 3. The Morgan fingerprint density at radius 1 is 1.40 bits per heavy atom. The zero-order valence-corrected chi connectivity index (χ0v) is 13.0. The van der Waals surface area contributed by atoms with Crippen LogP contribution in [-0.4, -0.2) is 40.3 Å². The van der Waals surface area contributed by atoms with Crippen LogP contribution in [0.25, 0.3) is 0 Å². The van der Waals surface area contributed by atoms with Crippen LogP contribution in [0.1, 0.15) is 38.1 Å². The quantitative estimate of drug-likeness (QED) is 0.926. The third-order valence-electron chi connectivity index (χ3n) is 2.52. The average molecular weight is 298 g/mol. The van der Waals surface area contributed by atoms with Crippen molar-refractivity contribution in [2.24, 2.45) is 0 Å². The number of carbonyl (C=O) groups excluding carboxylic acids is 2.